The fourth-order valence-electron chi connectivity index (χ4n) is 11.3. The number of benzene rings is 2. The van der Waals surface area contributed by atoms with Gasteiger partial charge in [0.05, 0.1) is 12.7 Å². The topological polar surface area (TPSA) is 26.3 Å². The highest BCUT2D eigenvalue weighted by atomic mass is 31.2. The standard InChI is InChI=1S/C33H39O2P/c1-35-31-7-6-28-4-2-3-5-29(28)30(31)8-9-36(34,32-16-22-10-23(17-32)12-24(11-22)18-32)33-19-25-13-26(20-33)15-27(14-25)21-33/h2-7,22-27H,10-21H2,1H3. The average Bonchev–Trinajstić information content (AvgIpc) is 2.85. The largest absolute Gasteiger partial charge is 0.495 e. The second-order valence-corrected chi connectivity index (χ2v) is 17.3. The molecule has 0 amide bonds. The summed E-state index contributed by atoms with van der Waals surface area (Å²) in [4.78, 5) is 0. The second-order valence-electron chi connectivity index (χ2n) is 14.0. The molecule has 2 aromatic rings. The molecular formula is C33H39O2P. The summed E-state index contributed by atoms with van der Waals surface area (Å²) >= 11 is 0. The Labute approximate surface area is 216 Å². The quantitative estimate of drug-likeness (QED) is 0.313. The maximum absolute atomic E-state index is 16.2. The number of rotatable bonds is 3. The first kappa shape index (κ1) is 22.3. The Hall–Kier alpha value is -1.71. The Bertz CT molecular complexity index is 1220. The lowest BCUT2D eigenvalue weighted by Crippen LogP contribution is -2.57. The van der Waals surface area contributed by atoms with Crippen molar-refractivity contribution in [2.45, 2.75) is 87.4 Å². The van der Waals surface area contributed by atoms with Gasteiger partial charge in [0.25, 0.3) is 0 Å². The molecular weight excluding hydrogens is 459 g/mol. The van der Waals surface area contributed by atoms with Gasteiger partial charge in [-0.25, -0.2) is 0 Å². The van der Waals surface area contributed by atoms with Gasteiger partial charge in [-0.2, -0.15) is 0 Å². The lowest BCUT2D eigenvalue weighted by Gasteiger charge is -2.65. The first-order valence-electron chi connectivity index (χ1n) is 14.7. The Morgan fingerprint density at radius 3 is 1.67 bits per heavy atom. The third kappa shape index (κ3) is 3.02. The molecule has 36 heavy (non-hydrogen) atoms. The Kier molecular flexibility index (Phi) is 4.75. The van der Waals surface area contributed by atoms with E-state index in [1.165, 1.54) is 82.4 Å². The van der Waals surface area contributed by atoms with Crippen molar-refractivity contribution in [2.24, 2.45) is 35.5 Å². The van der Waals surface area contributed by atoms with Gasteiger partial charge in [-0.1, -0.05) is 36.3 Å². The van der Waals surface area contributed by atoms with E-state index in [9.17, 15) is 0 Å². The van der Waals surface area contributed by atoms with Gasteiger partial charge < -0.3 is 9.30 Å². The van der Waals surface area contributed by atoms with E-state index in [2.05, 4.69) is 41.9 Å². The maximum atomic E-state index is 16.2. The average molecular weight is 499 g/mol. The van der Waals surface area contributed by atoms with Crippen LogP contribution >= 0.6 is 7.14 Å². The SMILES string of the molecule is COc1ccc2ccccc2c1C#CP(=O)(C12CC3CC(CC(C3)C1)C2)C12CC3CC(CC(C3)C1)C2. The molecule has 8 aliphatic rings. The molecule has 8 saturated carbocycles. The van der Waals surface area contributed by atoms with Crippen LogP contribution in [0.25, 0.3) is 10.8 Å². The lowest BCUT2D eigenvalue weighted by molar-refractivity contribution is 0.0146. The summed E-state index contributed by atoms with van der Waals surface area (Å²) in [6.45, 7) is 0. The van der Waals surface area contributed by atoms with Crippen LogP contribution < -0.4 is 4.74 Å². The van der Waals surface area contributed by atoms with Crippen molar-refractivity contribution in [2.75, 3.05) is 7.11 Å². The third-order valence-corrected chi connectivity index (χ3v) is 16.0. The minimum absolute atomic E-state index is 0.0156. The van der Waals surface area contributed by atoms with E-state index in [-0.39, 0.29) is 10.3 Å². The number of hydrogen-bond acceptors (Lipinski definition) is 2. The summed E-state index contributed by atoms with van der Waals surface area (Å²) in [7, 11) is -1.07. The van der Waals surface area contributed by atoms with Gasteiger partial charge in [-0.05, 0) is 130 Å². The van der Waals surface area contributed by atoms with Crippen LogP contribution in [0.3, 0.4) is 0 Å². The summed E-state index contributed by atoms with van der Waals surface area (Å²) in [5, 5.41) is 2.28. The summed E-state index contributed by atoms with van der Waals surface area (Å²) in [6.07, 6.45) is 15.5. The van der Waals surface area contributed by atoms with Gasteiger partial charge in [-0.3, -0.25) is 0 Å². The molecule has 188 valence electrons. The summed E-state index contributed by atoms with van der Waals surface area (Å²) in [5.41, 5.74) is 4.77. The van der Waals surface area contributed by atoms with Crippen LogP contribution in [0.5, 0.6) is 5.75 Å². The number of ether oxygens (including phenoxy) is 1. The summed E-state index contributed by atoms with van der Waals surface area (Å²) < 4.78 is 22.0. The van der Waals surface area contributed by atoms with Crippen LogP contribution in [0.2, 0.25) is 0 Å². The normalized spacial score (nSPS) is 43.2. The molecule has 0 spiro atoms. The fourth-order valence-corrected chi connectivity index (χ4v) is 16.2. The zero-order chi connectivity index (χ0) is 24.1. The van der Waals surface area contributed by atoms with E-state index in [0.717, 1.165) is 52.2 Å². The molecule has 0 aliphatic heterocycles. The molecule has 0 N–H and O–H groups in total. The van der Waals surface area contributed by atoms with E-state index in [4.69, 9.17) is 4.74 Å². The van der Waals surface area contributed by atoms with E-state index in [1.807, 2.05) is 6.07 Å². The van der Waals surface area contributed by atoms with Gasteiger partial charge in [0.2, 0.25) is 0 Å². The van der Waals surface area contributed by atoms with Gasteiger partial charge in [0.15, 0.2) is 7.14 Å². The smallest absolute Gasteiger partial charge is 0.166 e. The lowest BCUT2D eigenvalue weighted by atomic mass is 9.55. The summed E-state index contributed by atoms with van der Waals surface area (Å²) in [5.74, 6) is 9.27. The molecule has 10 rings (SSSR count). The van der Waals surface area contributed by atoms with Crippen LogP contribution in [0.4, 0.5) is 0 Å². The molecule has 0 unspecified atom stereocenters. The first-order chi connectivity index (χ1) is 17.5. The van der Waals surface area contributed by atoms with Crippen LogP contribution in [0, 0.1) is 47.1 Å². The monoisotopic (exact) mass is 498 g/mol. The van der Waals surface area contributed by atoms with E-state index >= 15 is 4.57 Å². The number of fused-ring (bicyclic) bond motifs is 1. The number of hydrogen-bond donors (Lipinski definition) is 0. The van der Waals surface area contributed by atoms with E-state index in [1.54, 1.807) is 7.11 Å². The third-order valence-electron chi connectivity index (χ3n) is 11.8. The van der Waals surface area contributed by atoms with Crippen LogP contribution in [-0.4, -0.2) is 17.4 Å². The fraction of sp³-hybridized carbons (Fsp3) is 0.636. The van der Waals surface area contributed by atoms with Crippen molar-refractivity contribution in [1.82, 2.24) is 0 Å². The Morgan fingerprint density at radius 2 is 1.19 bits per heavy atom. The molecule has 8 aliphatic carbocycles. The molecule has 2 nitrogen and oxygen atoms in total. The van der Waals surface area contributed by atoms with Crippen molar-refractivity contribution in [1.29, 1.82) is 0 Å². The van der Waals surface area contributed by atoms with Crippen molar-refractivity contribution in [3.8, 4) is 17.3 Å². The molecule has 0 atom stereocenters. The second kappa shape index (κ2) is 7.67. The zero-order valence-electron chi connectivity index (χ0n) is 21.7. The van der Waals surface area contributed by atoms with Crippen molar-refractivity contribution in [3.63, 3.8) is 0 Å². The molecule has 0 aromatic heterocycles. The van der Waals surface area contributed by atoms with Gasteiger partial charge in [-0.15, -0.1) is 0 Å². The zero-order valence-corrected chi connectivity index (χ0v) is 22.6. The highest BCUT2D eigenvalue weighted by Crippen LogP contribution is 2.82. The van der Waals surface area contributed by atoms with Crippen molar-refractivity contribution in [3.05, 3.63) is 42.0 Å². The maximum Gasteiger partial charge on any atom is 0.166 e. The van der Waals surface area contributed by atoms with Crippen LogP contribution in [0.1, 0.15) is 82.6 Å². The molecule has 0 radical (unpaired) electrons. The first-order valence-corrected chi connectivity index (χ1v) is 16.4. The molecule has 2 aromatic carbocycles. The van der Waals surface area contributed by atoms with E-state index in [0.29, 0.717) is 0 Å². The molecule has 8 bridgehead atoms. The highest BCUT2D eigenvalue weighted by molar-refractivity contribution is 7.72. The minimum atomic E-state index is -2.81. The molecule has 3 heteroatoms. The predicted molar refractivity (Wildman–Crippen MR) is 147 cm³/mol. The van der Waals surface area contributed by atoms with Gasteiger partial charge in [0, 0.05) is 15.7 Å². The molecule has 0 heterocycles. The Morgan fingerprint density at radius 1 is 0.722 bits per heavy atom. The van der Waals surface area contributed by atoms with Crippen LogP contribution in [0.15, 0.2) is 36.4 Å². The molecule has 8 fully saturated rings. The van der Waals surface area contributed by atoms with Gasteiger partial charge >= 0.3 is 0 Å². The van der Waals surface area contributed by atoms with Crippen molar-refractivity contribution >= 4 is 17.9 Å². The van der Waals surface area contributed by atoms with Crippen LogP contribution in [-0.2, 0) is 4.57 Å². The predicted octanol–water partition coefficient (Wildman–Crippen LogP) is 8.46. The van der Waals surface area contributed by atoms with Gasteiger partial charge in [0.1, 0.15) is 5.75 Å². The highest BCUT2D eigenvalue weighted by Gasteiger charge is 2.68. The molecule has 0 saturated heterocycles. The Balaban J connectivity index is 1.33. The minimum Gasteiger partial charge on any atom is -0.495 e. The number of methoxy groups -OCH3 is 1. The summed E-state index contributed by atoms with van der Waals surface area (Å²) in [6, 6.07) is 12.6. The van der Waals surface area contributed by atoms with E-state index < -0.39 is 7.14 Å². The van der Waals surface area contributed by atoms with Crippen molar-refractivity contribution < 1.29 is 9.30 Å².